The first-order chi connectivity index (χ1) is 14.3. The van der Waals surface area contributed by atoms with Crippen LogP contribution >= 0.6 is 0 Å². The summed E-state index contributed by atoms with van der Waals surface area (Å²) in [5.41, 5.74) is 3.51. The minimum atomic E-state index is -4.40. The monoisotopic (exact) mass is 407 g/mol. The zero-order valence-corrected chi connectivity index (χ0v) is 16.6. The van der Waals surface area contributed by atoms with E-state index < -0.39 is 11.7 Å². The van der Waals surface area contributed by atoms with Gasteiger partial charge in [0, 0.05) is 29.3 Å². The lowest BCUT2D eigenvalue weighted by Crippen LogP contribution is -2.10. The summed E-state index contributed by atoms with van der Waals surface area (Å²) in [6.45, 7) is 3.23. The van der Waals surface area contributed by atoms with Crippen LogP contribution in [0.3, 0.4) is 0 Å². The van der Waals surface area contributed by atoms with Crippen molar-refractivity contribution >= 4 is 16.7 Å². The molecule has 0 unspecified atom stereocenters. The van der Waals surface area contributed by atoms with Gasteiger partial charge in [0.25, 0.3) is 0 Å². The topological polar surface area (TPSA) is 22.0 Å². The molecule has 0 aliphatic rings. The van der Waals surface area contributed by atoms with Crippen LogP contribution in [0.4, 0.5) is 13.2 Å². The molecule has 1 aromatic heterocycles. The fraction of sp³-hybridized carbons (Fsp3) is 0.160. The standard InChI is InChI=1S/C25H20F3NO/c1-16-6-5-8-23(25(26,27)28)22(16)14-19-15-29(24-9-4-3-7-21(19)24)20-12-10-18(11-13-20)17(2)30/h3-13,15H,14H2,1-2H3. The molecule has 3 aromatic carbocycles. The molecule has 0 aliphatic carbocycles. The average molecular weight is 407 g/mol. The molecule has 1 heterocycles. The highest BCUT2D eigenvalue weighted by atomic mass is 19.4. The van der Waals surface area contributed by atoms with E-state index in [0.29, 0.717) is 16.7 Å². The van der Waals surface area contributed by atoms with E-state index in [1.165, 1.54) is 13.0 Å². The molecular weight excluding hydrogens is 387 g/mol. The summed E-state index contributed by atoms with van der Waals surface area (Å²) in [6, 6.07) is 19.2. The second kappa shape index (κ2) is 7.48. The molecule has 0 amide bonds. The molecule has 0 radical (unpaired) electrons. The van der Waals surface area contributed by atoms with Crippen LogP contribution in [-0.4, -0.2) is 10.4 Å². The third kappa shape index (κ3) is 3.63. The van der Waals surface area contributed by atoms with Gasteiger partial charge in [-0.15, -0.1) is 0 Å². The Morgan fingerprint density at radius 1 is 0.933 bits per heavy atom. The fourth-order valence-corrected chi connectivity index (χ4v) is 3.85. The second-order valence-corrected chi connectivity index (χ2v) is 7.42. The molecule has 0 bridgehead atoms. The number of aryl methyl sites for hydroxylation is 1. The number of halogens is 3. The summed E-state index contributed by atoms with van der Waals surface area (Å²) in [6.07, 6.45) is -2.33. The zero-order valence-electron chi connectivity index (χ0n) is 16.6. The number of para-hydroxylation sites is 1. The molecule has 30 heavy (non-hydrogen) atoms. The normalized spacial score (nSPS) is 11.8. The molecule has 0 saturated carbocycles. The molecule has 0 spiro atoms. The number of carbonyl (C=O) groups is 1. The number of aromatic nitrogens is 1. The SMILES string of the molecule is CC(=O)c1ccc(-n2cc(Cc3c(C)cccc3C(F)(F)F)c3ccccc32)cc1. The first-order valence-electron chi connectivity index (χ1n) is 9.61. The molecule has 0 aliphatic heterocycles. The van der Waals surface area contributed by atoms with Crippen molar-refractivity contribution in [1.29, 1.82) is 0 Å². The number of fused-ring (bicyclic) bond motifs is 1. The molecule has 2 nitrogen and oxygen atoms in total. The quantitative estimate of drug-likeness (QED) is 0.343. The van der Waals surface area contributed by atoms with Crippen LogP contribution in [0.5, 0.6) is 0 Å². The molecule has 4 aromatic rings. The third-order valence-corrected chi connectivity index (χ3v) is 5.43. The lowest BCUT2D eigenvalue weighted by Gasteiger charge is -2.15. The van der Waals surface area contributed by atoms with E-state index in [9.17, 15) is 18.0 Å². The van der Waals surface area contributed by atoms with Gasteiger partial charge in [-0.25, -0.2) is 0 Å². The van der Waals surface area contributed by atoms with Gasteiger partial charge in [-0.05, 0) is 66.9 Å². The Bertz CT molecular complexity index is 1230. The Hall–Kier alpha value is -3.34. The Balaban J connectivity index is 1.84. The van der Waals surface area contributed by atoms with Gasteiger partial charge in [0.1, 0.15) is 0 Å². The maximum Gasteiger partial charge on any atom is 0.416 e. The first-order valence-corrected chi connectivity index (χ1v) is 9.61. The predicted molar refractivity (Wildman–Crippen MR) is 112 cm³/mol. The number of Topliss-reactive ketones (excluding diaryl/α,β-unsaturated/α-hetero) is 1. The van der Waals surface area contributed by atoms with Gasteiger partial charge in [0.05, 0.1) is 11.1 Å². The minimum absolute atomic E-state index is 0.0150. The van der Waals surface area contributed by atoms with Crippen molar-refractivity contribution in [2.24, 2.45) is 0 Å². The summed E-state index contributed by atoms with van der Waals surface area (Å²) in [5, 5.41) is 0.907. The van der Waals surface area contributed by atoms with Gasteiger partial charge < -0.3 is 4.57 Å². The number of alkyl halides is 3. The summed E-state index contributed by atoms with van der Waals surface area (Å²) in [7, 11) is 0. The van der Waals surface area contributed by atoms with Gasteiger partial charge in [-0.2, -0.15) is 13.2 Å². The van der Waals surface area contributed by atoms with Gasteiger partial charge in [-0.3, -0.25) is 4.79 Å². The highest BCUT2D eigenvalue weighted by Crippen LogP contribution is 2.36. The number of hydrogen-bond donors (Lipinski definition) is 0. The van der Waals surface area contributed by atoms with E-state index in [1.807, 2.05) is 47.2 Å². The highest BCUT2D eigenvalue weighted by Gasteiger charge is 2.33. The van der Waals surface area contributed by atoms with E-state index in [2.05, 4.69) is 0 Å². The second-order valence-electron chi connectivity index (χ2n) is 7.42. The number of hydrogen-bond acceptors (Lipinski definition) is 1. The van der Waals surface area contributed by atoms with Crippen LogP contribution < -0.4 is 0 Å². The van der Waals surface area contributed by atoms with Gasteiger partial charge in [0.15, 0.2) is 5.78 Å². The maximum absolute atomic E-state index is 13.6. The van der Waals surface area contributed by atoms with E-state index in [4.69, 9.17) is 0 Å². The van der Waals surface area contributed by atoms with E-state index in [1.54, 1.807) is 25.1 Å². The smallest absolute Gasteiger partial charge is 0.316 e. The lowest BCUT2D eigenvalue weighted by molar-refractivity contribution is -0.138. The lowest BCUT2D eigenvalue weighted by atomic mass is 9.95. The summed E-state index contributed by atoms with van der Waals surface area (Å²) < 4.78 is 42.7. The van der Waals surface area contributed by atoms with E-state index in [-0.39, 0.29) is 12.2 Å². The summed E-state index contributed by atoms with van der Waals surface area (Å²) in [5.74, 6) is -0.0150. The number of ketones is 1. The number of carbonyl (C=O) groups excluding carboxylic acids is 1. The van der Waals surface area contributed by atoms with Crippen molar-refractivity contribution in [3.05, 3.63) is 101 Å². The van der Waals surface area contributed by atoms with Crippen LogP contribution in [0.2, 0.25) is 0 Å². The van der Waals surface area contributed by atoms with Crippen LogP contribution in [0.25, 0.3) is 16.6 Å². The first kappa shape index (κ1) is 20.0. The van der Waals surface area contributed by atoms with Crippen LogP contribution in [0, 0.1) is 6.92 Å². The summed E-state index contributed by atoms with van der Waals surface area (Å²) in [4.78, 5) is 11.6. The van der Waals surface area contributed by atoms with Crippen LogP contribution in [-0.2, 0) is 12.6 Å². The molecule has 0 saturated heterocycles. The molecule has 4 rings (SSSR count). The molecule has 0 fully saturated rings. The van der Waals surface area contributed by atoms with Crippen molar-refractivity contribution in [2.45, 2.75) is 26.4 Å². The molecule has 0 atom stereocenters. The molecule has 152 valence electrons. The number of nitrogens with zero attached hydrogens (tertiary/aromatic N) is 1. The van der Waals surface area contributed by atoms with Gasteiger partial charge in [0.2, 0.25) is 0 Å². The predicted octanol–water partition coefficient (Wildman–Crippen LogP) is 6.75. The third-order valence-electron chi connectivity index (χ3n) is 5.43. The Morgan fingerprint density at radius 2 is 1.63 bits per heavy atom. The van der Waals surface area contributed by atoms with Crippen molar-refractivity contribution in [3.8, 4) is 5.69 Å². The van der Waals surface area contributed by atoms with Crippen molar-refractivity contribution in [3.63, 3.8) is 0 Å². The summed E-state index contributed by atoms with van der Waals surface area (Å²) >= 11 is 0. The number of rotatable bonds is 4. The van der Waals surface area contributed by atoms with Crippen molar-refractivity contribution in [1.82, 2.24) is 4.57 Å². The number of benzene rings is 3. The van der Waals surface area contributed by atoms with Gasteiger partial charge >= 0.3 is 6.18 Å². The Morgan fingerprint density at radius 3 is 2.30 bits per heavy atom. The Kier molecular flexibility index (Phi) is 4.98. The highest BCUT2D eigenvalue weighted by molar-refractivity contribution is 5.94. The minimum Gasteiger partial charge on any atom is -0.316 e. The van der Waals surface area contributed by atoms with Crippen molar-refractivity contribution < 1.29 is 18.0 Å². The van der Waals surface area contributed by atoms with E-state index in [0.717, 1.165) is 28.2 Å². The molecule has 5 heteroatoms. The average Bonchev–Trinajstić information content (AvgIpc) is 3.07. The van der Waals surface area contributed by atoms with Crippen LogP contribution in [0.1, 0.15) is 39.5 Å². The Labute approximate surface area is 172 Å². The van der Waals surface area contributed by atoms with Gasteiger partial charge in [-0.1, -0.05) is 30.3 Å². The van der Waals surface area contributed by atoms with Crippen molar-refractivity contribution in [2.75, 3.05) is 0 Å². The molecular formula is C25H20F3NO. The maximum atomic E-state index is 13.6. The zero-order chi connectivity index (χ0) is 21.5. The fourth-order valence-electron chi connectivity index (χ4n) is 3.85. The molecule has 0 N–H and O–H groups in total. The van der Waals surface area contributed by atoms with Crippen LogP contribution in [0.15, 0.2) is 72.9 Å². The van der Waals surface area contributed by atoms with E-state index >= 15 is 0 Å². The largest absolute Gasteiger partial charge is 0.416 e.